The van der Waals surface area contributed by atoms with Gasteiger partial charge in [0.1, 0.15) is 5.75 Å². The highest BCUT2D eigenvalue weighted by Gasteiger charge is 2.08. The molecule has 3 nitrogen and oxygen atoms in total. The molecular weight excluding hydrogens is 178 g/mol. The Kier molecular flexibility index (Phi) is 3.12. The number of nitrogens with one attached hydrogen (secondary N) is 1. The van der Waals surface area contributed by atoms with Crippen LogP contribution in [0.15, 0.2) is 12.1 Å². The lowest BCUT2D eigenvalue weighted by atomic mass is 10.1. The molecule has 0 aliphatic heterocycles. The first kappa shape index (κ1) is 10.6. The summed E-state index contributed by atoms with van der Waals surface area (Å²) >= 11 is 0. The Balaban J connectivity index is 3.06. The van der Waals surface area contributed by atoms with Gasteiger partial charge in [0.15, 0.2) is 0 Å². The summed E-state index contributed by atoms with van der Waals surface area (Å²) in [5.41, 5.74) is 2.05. The summed E-state index contributed by atoms with van der Waals surface area (Å²) in [5.74, 6) is 0.164. The minimum absolute atomic E-state index is 0.0984. The summed E-state index contributed by atoms with van der Waals surface area (Å²) in [5, 5.41) is 12.2. The summed E-state index contributed by atoms with van der Waals surface area (Å²) in [6, 6.07) is 3.38. The van der Waals surface area contributed by atoms with Crippen LogP contribution in [0.2, 0.25) is 0 Å². The van der Waals surface area contributed by atoms with Crippen molar-refractivity contribution in [3.05, 3.63) is 28.8 Å². The molecule has 0 saturated carbocycles. The molecule has 0 aliphatic carbocycles. The van der Waals surface area contributed by atoms with Crippen LogP contribution in [-0.4, -0.2) is 17.6 Å². The maximum Gasteiger partial charge on any atom is 0.251 e. The molecule has 14 heavy (non-hydrogen) atoms. The van der Waals surface area contributed by atoms with Crippen LogP contribution in [0, 0.1) is 13.8 Å². The van der Waals surface area contributed by atoms with Crippen molar-refractivity contribution < 1.29 is 9.90 Å². The van der Waals surface area contributed by atoms with Crippen molar-refractivity contribution in [2.24, 2.45) is 0 Å². The summed E-state index contributed by atoms with van der Waals surface area (Å²) in [6.07, 6.45) is 0. The van der Waals surface area contributed by atoms with Gasteiger partial charge < -0.3 is 10.4 Å². The Hall–Kier alpha value is -1.51. The standard InChI is InChI=1S/C11H15NO2/c1-4-12-11(14)9-5-7(2)10(13)8(3)6-9/h5-6,13H,4H2,1-3H3,(H,12,14). The van der Waals surface area contributed by atoms with Gasteiger partial charge in [0.2, 0.25) is 0 Å². The molecule has 1 aromatic carbocycles. The van der Waals surface area contributed by atoms with Crippen molar-refractivity contribution in [1.82, 2.24) is 5.32 Å². The molecule has 0 aromatic heterocycles. The number of carbonyl (C=O) groups is 1. The van der Waals surface area contributed by atoms with Crippen molar-refractivity contribution in [2.45, 2.75) is 20.8 Å². The zero-order chi connectivity index (χ0) is 10.7. The van der Waals surface area contributed by atoms with E-state index in [0.29, 0.717) is 12.1 Å². The zero-order valence-electron chi connectivity index (χ0n) is 8.72. The number of phenolic OH excluding ortho intramolecular Hbond substituents is 1. The quantitative estimate of drug-likeness (QED) is 0.751. The van der Waals surface area contributed by atoms with Gasteiger partial charge in [-0.15, -0.1) is 0 Å². The third-order valence-corrected chi connectivity index (χ3v) is 2.09. The second-order valence-corrected chi connectivity index (χ2v) is 3.32. The molecule has 0 aliphatic rings. The van der Waals surface area contributed by atoms with Gasteiger partial charge in [-0.25, -0.2) is 0 Å². The highest BCUT2D eigenvalue weighted by molar-refractivity contribution is 5.94. The predicted molar refractivity (Wildman–Crippen MR) is 55.6 cm³/mol. The van der Waals surface area contributed by atoms with E-state index in [2.05, 4.69) is 5.32 Å². The van der Waals surface area contributed by atoms with E-state index >= 15 is 0 Å². The molecule has 76 valence electrons. The van der Waals surface area contributed by atoms with Crippen LogP contribution in [-0.2, 0) is 0 Å². The number of carbonyl (C=O) groups excluding carboxylic acids is 1. The first-order valence-corrected chi connectivity index (χ1v) is 4.64. The van der Waals surface area contributed by atoms with Gasteiger partial charge >= 0.3 is 0 Å². The van der Waals surface area contributed by atoms with E-state index in [1.165, 1.54) is 0 Å². The van der Waals surface area contributed by atoms with Crippen LogP contribution < -0.4 is 5.32 Å². The molecule has 0 bridgehead atoms. The molecule has 1 rings (SSSR count). The summed E-state index contributed by atoms with van der Waals surface area (Å²) in [7, 11) is 0. The topological polar surface area (TPSA) is 49.3 Å². The fourth-order valence-electron chi connectivity index (χ4n) is 1.35. The third-order valence-electron chi connectivity index (χ3n) is 2.09. The largest absolute Gasteiger partial charge is 0.507 e. The fourth-order valence-corrected chi connectivity index (χ4v) is 1.35. The highest BCUT2D eigenvalue weighted by Crippen LogP contribution is 2.22. The van der Waals surface area contributed by atoms with E-state index in [9.17, 15) is 9.90 Å². The lowest BCUT2D eigenvalue weighted by Gasteiger charge is -2.07. The number of aromatic hydroxyl groups is 1. The molecule has 0 heterocycles. The Labute approximate surface area is 83.8 Å². The normalized spacial score (nSPS) is 9.93. The first-order valence-electron chi connectivity index (χ1n) is 4.64. The lowest BCUT2D eigenvalue weighted by Crippen LogP contribution is -2.22. The van der Waals surface area contributed by atoms with Crippen LogP contribution in [0.5, 0.6) is 5.75 Å². The second kappa shape index (κ2) is 4.13. The van der Waals surface area contributed by atoms with Crippen LogP contribution in [0.4, 0.5) is 0 Å². The van der Waals surface area contributed by atoms with Crippen LogP contribution in [0.3, 0.4) is 0 Å². The van der Waals surface area contributed by atoms with Gasteiger partial charge in [0, 0.05) is 12.1 Å². The van der Waals surface area contributed by atoms with E-state index in [0.717, 1.165) is 11.1 Å². The average Bonchev–Trinajstić information content (AvgIpc) is 2.13. The summed E-state index contributed by atoms with van der Waals surface area (Å²) in [4.78, 5) is 11.5. The lowest BCUT2D eigenvalue weighted by molar-refractivity contribution is 0.0955. The summed E-state index contributed by atoms with van der Waals surface area (Å²) in [6.45, 7) is 6.05. The molecule has 0 fully saturated rings. The molecule has 1 aromatic rings. The molecule has 1 amide bonds. The van der Waals surface area contributed by atoms with Gasteiger partial charge in [-0.1, -0.05) is 0 Å². The number of aryl methyl sites for hydroxylation is 2. The molecule has 0 spiro atoms. The SMILES string of the molecule is CCNC(=O)c1cc(C)c(O)c(C)c1. The van der Waals surface area contributed by atoms with Crippen molar-refractivity contribution in [3.8, 4) is 5.75 Å². The van der Waals surface area contributed by atoms with Gasteiger partial charge in [-0.05, 0) is 44.0 Å². The fraction of sp³-hybridized carbons (Fsp3) is 0.364. The number of hydrogen-bond donors (Lipinski definition) is 2. The van der Waals surface area contributed by atoms with Gasteiger partial charge in [0.25, 0.3) is 5.91 Å². The highest BCUT2D eigenvalue weighted by atomic mass is 16.3. The Morgan fingerprint density at radius 3 is 2.29 bits per heavy atom. The van der Waals surface area contributed by atoms with E-state index < -0.39 is 0 Å². The second-order valence-electron chi connectivity index (χ2n) is 3.32. The Morgan fingerprint density at radius 1 is 1.36 bits per heavy atom. The maximum absolute atomic E-state index is 11.5. The maximum atomic E-state index is 11.5. The van der Waals surface area contributed by atoms with Crippen LogP contribution >= 0.6 is 0 Å². The van der Waals surface area contributed by atoms with Gasteiger partial charge in [-0.3, -0.25) is 4.79 Å². The average molecular weight is 193 g/mol. The van der Waals surface area contributed by atoms with Crippen molar-refractivity contribution in [2.75, 3.05) is 6.54 Å². The minimum Gasteiger partial charge on any atom is -0.507 e. The van der Waals surface area contributed by atoms with Gasteiger partial charge in [-0.2, -0.15) is 0 Å². The zero-order valence-corrected chi connectivity index (χ0v) is 8.72. The number of phenols is 1. The van der Waals surface area contributed by atoms with Crippen molar-refractivity contribution in [3.63, 3.8) is 0 Å². The van der Waals surface area contributed by atoms with E-state index in [1.54, 1.807) is 26.0 Å². The Morgan fingerprint density at radius 2 is 1.86 bits per heavy atom. The molecule has 3 heteroatoms. The number of hydrogen-bond acceptors (Lipinski definition) is 2. The summed E-state index contributed by atoms with van der Waals surface area (Å²) < 4.78 is 0. The third kappa shape index (κ3) is 2.05. The van der Waals surface area contributed by atoms with E-state index in [-0.39, 0.29) is 11.7 Å². The van der Waals surface area contributed by atoms with Gasteiger partial charge in [0.05, 0.1) is 0 Å². The van der Waals surface area contributed by atoms with Crippen molar-refractivity contribution in [1.29, 1.82) is 0 Å². The molecular formula is C11H15NO2. The molecule has 2 N–H and O–H groups in total. The molecule has 0 radical (unpaired) electrons. The first-order chi connectivity index (χ1) is 6.56. The molecule has 0 saturated heterocycles. The monoisotopic (exact) mass is 193 g/mol. The predicted octanol–water partition coefficient (Wildman–Crippen LogP) is 1.76. The van der Waals surface area contributed by atoms with E-state index in [4.69, 9.17) is 0 Å². The van der Waals surface area contributed by atoms with E-state index in [1.807, 2.05) is 6.92 Å². The minimum atomic E-state index is -0.0984. The number of amides is 1. The smallest absolute Gasteiger partial charge is 0.251 e. The number of rotatable bonds is 2. The Bertz CT molecular complexity index is 335. The molecule has 0 atom stereocenters. The number of benzene rings is 1. The van der Waals surface area contributed by atoms with Crippen LogP contribution in [0.1, 0.15) is 28.4 Å². The van der Waals surface area contributed by atoms with Crippen molar-refractivity contribution >= 4 is 5.91 Å². The van der Waals surface area contributed by atoms with Crippen LogP contribution in [0.25, 0.3) is 0 Å². The molecule has 0 unspecified atom stereocenters.